The minimum atomic E-state index is 0. The van der Waals surface area contributed by atoms with E-state index in [1.165, 1.54) is 44.1 Å². The molecule has 20 heavy (non-hydrogen) atoms. The normalized spacial score (nSPS) is 11.9. The Bertz CT molecular complexity index is 305. The van der Waals surface area contributed by atoms with Gasteiger partial charge in [0.05, 0.1) is 6.61 Å². The summed E-state index contributed by atoms with van der Waals surface area (Å²) >= 11 is 0. The van der Waals surface area contributed by atoms with Crippen LogP contribution in [0.25, 0.3) is 0 Å². The van der Waals surface area contributed by atoms with Crippen LogP contribution in [0.2, 0.25) is 0 Å². The minimum Gasteiger partial charge on any atom is -0.395 e. The summed E-state index contributed by atoms with van der Waals surface area (Å²) in [5, 5.41) is 12.4. The summed E-state index contributed by atoms with van der Waals surface area (Å²) in [6.45, 7) is 3.14. The fraction of sp³-hybridized carbons (Fsp3) is 0.647. The average molecular weight is 300 g/mol. The molecule has 2 nitrogen and oxygen atoms in total. The number of rotatable bonds is 11. The number of halogens is 1. The fourth-order valence-electron chi connectivity index (χ4n) is 2.44. The average Bonchev–Trinajstić information content (AvgIpc) is 2.46. The first-order valence-electron chi connectivity index (χ1n) is 7.77. The van der Waals surface area contributed by atoms with Gasteiger partial charge in [0.15, 0.2) is 0 Å². The summed E-state index contributed by atoms with van der Waals surface area (Å²) in [5.74, 6) is 0. The van der Waals surface area contributed by atoms with Gasteiger partial charge >= 0.3 is 0 Å². The quantitative estimate of drug-likeness (QED) is 0.590. The highest BCUT2D eigenvalue weighted by Crippen LogP contribution is 2.20. The molecule has 0 saturated heterocycles. The first-order chi connectivity index (χ1) is 9.38. The molecular formula is C17H30ClNO. The zero-order chi connectivity index (χ0) is 13.8. The van der Waals surface area contributed by atoms with Gasteiger partial charge < -0.3 is 10.4 Å². The van der Waals surface area contributed by atoms with E-state index < -0.39 is 0 Å². The molecule has 0 amide bonds. The Kier molecular flexibility index (Phi) is 13.0. The van der Waals surface area contributed by atoms with Gasteiger partial charge in [-0.25, -0.2) is 0 Å². The Morgan fingerprint density at radius 3 is 2.30 bits per heavy atom. The molecule has 1 unspecified atom stereocenters. The number of aliphatic hydroxyl groups is 1. The lowest BCUT2D eigenvalue weighted by Crippen LogP contribution is -2.24. The van der Waals surface area contributed by atoms with Crippen molar-refractivity contribution in [2.75, 3.05) is 13.2 Å². The van der Waals surface area contributed by atoms with Crippen LogP contribution in [-0.4, -0.2) is 18.3 Å². The first-order valence-corrected chi connectivity index (χ1v) is 7.77. The van der Waals surface area contributed by atoms with Gasteiger partial charge in [0.2, 0.25) is 0 Å². The van der Waals surface area contributed by atoms with Gasteiger partial charge in [-0.1, -0.05) is 75.8 Å². The van der Waals surface area contributed by atoms with Gasteiger partial charge in [0, 0.05) is 12.6 Å². The topological polar surface area (TPSA) is 32.3 Å². The number of hydrogen-bond acceptors (Lipinski definition) is 2. The number of aliphatic hydroxyl groups excluding tert-OH is 1. The highest BCUT2D eigenvalue weighted by molar-refractivity contribution is 5.85. The summed E-state index contributed by atoms with van der Waals surface area (Å²) < 4.78 is 0. The van der Waals surface area contributed by atoms with Crippen LogP contribution in [0, 0.1) is 0 Å². The highest BCUT2D eigenvalue weighted by atomic mass is 35.5. The van der Waals surface area contributed by atoms with E-state index in [1.54, 1.807) is 0 Å². The molecule has 0 radical (unpaired) electrons. The molecule has 1 rings (SSSR count). The van der Waals surface area contributed by atoms with Gasteiger partial charge in [-0.05, 0) is 12.0 Å². The molecule has 0 bridgehead atoms. The second-order valence-corrected chi connectivity index (χ2v) is 5.20. The fourth-order valence-corrected chi connectivity index (χ4v) is 2.44. The number of hydrogen-bond donors (Lipinski definition) is 2. The van der Waals surface area contributed by atoms with Crippen LogP contribution in [0.3, 0.4) is 0 Å². The third-order valence-corrected chi connectivity index (χ3v) is 3.55. The van der Waals surface area contributed by atoms with Crippen molar-refractivity contribution in [3.05, 3.63) is 35.9 Å². The van der Waals surface area contributed by atoms with Gasteiger partial charge in [0.25, 0.3) is 0 Å². The van der Waals surface area contributed by atoms with Crippen LogP contribution < -0.4 is 5.32 Å². The third-order valence-electron chi connectivity index (χ3n) is 3.55. The standard InChI is InChI=1S/C17H29NO.ClH/c1-2-3-4-5-6-10-13-17(18-14-15-19)16-11-8-7-9-12-16;/h7-9,11-12,17-19H,2-6,10,13-15H2,1H3;1H. The molecule has 0 aromatic heterocycles. The predicted octanol–water partition coefficient (Wildman–Crippen LogP) is 4.48. The van der Waals surface area contributed by atoms with E-state index in [2.05, 4.69) is 42.6 Å². The van der Waals surface area contributed by atoms with E-state index in [4.69, 9.17) is 5.11 Å². The van der Waals surface area contributed by atoms with Crippen LogP contribution in [0.4, 0.5) is 0 Å². The zero-order valence-electron chi connectivity index (χ0n) is 12.7. The van der Waals surface area contributed by atoms with Gasteiger partial charge in [0.1, 0.15) is 0 Å². The Labute approximate surface area is 130 Å². The molecule has 3 heteroatoms. The summed E-state index contributed by atoms with van der Waals surface area (Å²) in [7, 11) is 0. The minimum absolute atomic E-state index is 0. The zero-order valence-corrected chi connectivity index (χ0v) is 13.5. The molecule has 0 heterocycles. The SMILES string of the molecule is CCCCCCCCC(NCCO)c1ccccc1.Cl. The molecule has 0 spiro atoms. The second kappa shape index (κ2) is 13.4. The first kappa shape index (κ1) is 19.4. The number of unbranched alkanes of at least 4 members (excludes halogenated alkanes) is 5. The second-order valence-electron chi connectivity index (χ2n) is 5.20. The van der Waals surface area contributed by atoms with E-state index in [9.17, 15) is 0 Å². The molecule has 116 valence electrons. The van der Waals surface area contributed by atoms with Crippen molar-refractivity contribution in [3.8, 4) is 0 Å². The summed E-state index contributed by atoms with van der Waals surface area (Å²) in [5.41, 5.74) is 1.34. The van der Waals surface area contributed by atoms with Crippen molar-refractivity contribution in [3.63, 3.8) is 0 Å². The van der Waals surface area contributed by atoms with Gasteiger partial charge in [-0.2, -0.15) is 0 Å². The third kappa shape index (κ3) is 8.57. The van der Waals surface area contributed by atoms with Crippen LogP contribution in [0.1, 0.15) is 63.5 Å². The predicted molar refractivity (Wildman–Crippen MR) is 89.5 cm³/mol. The van der Waals surface area contributed by atoms with Crippen molar-refractivity contribution < 1.29 is 5.11 Å². The Morgan fingerprint density at radius 1 is 1.00 bits per heavy atom. The number of benzene rings is 1. The van der Waals surface area contributed by atoms with Crippen LogP contribution in [0.15, 0.2) is 30.3 Å². The van der Waals surface area contributed by atoms with Gasteiger partial charge in [-0.15, -0.1) is 12.4 Å². The van der Waals surface area contributed by atoms with Crippen molar-refractivity contribution in [1.82, 2.24) is 5.32 Å². The molecular weight excluding hydrogens is 270 g/mol. The van der Waals surface area contributed by atoms with Crippen LogP contribution in [-0.2, 0) is 0 Å². The van der Waals surface area contributed by atoms with Crippen molar-refractivity contribution in [2.24, 2.45) is 0 Å². The molecule has 0 aliphatic rings. The molecule has 1 aromatic rings. The molecule has 0 fully saturated rings. The summed E-state index contributed by atoms with van der Waals surface area (Å²) in [6.07, 6.45) is 9.16. The van der Waals surface area contributed by atoms with E-state index in [-0.39, 0.29) is 19.0 Å². The molecule has 1 atom stereocenters. The number of nitrogens with one attached hydrogen (secondary N) is 1. The Hall–Kier alpha value is -0.570. The highest BCUT2D eigenvalue weighted by Gasteiger charge is 2.09. The molecule has 1 aromatic carbocycles. The van der Waals surface area contributed by atoms with E-state index in [1.807, 2.05) is 0 Å². The molecule has 0 aliphatic carbocycles. The lowest BCUT2D eigenvalue weighted by Gasteiger charge is -2.18. The summed E-state index contributed by atoms with van der Waals surface area (Å²) in [6, 6.07) is 11.0. The monoisotopic (exact) mass is 299 g/mol. The van der Waals surface area contributed by atoms with Crippen molar-refractivity contribution >= 4 is 12.4 Å². The van der Waals surface area contributed by atoms with E-state index in [0.717, 1.165) is 6.42 Å². The van der Waals surface area contributed by atoms with Crippen molar-refractivity contribution in [1.29, 1.82) is 0 Å². The molecule has 0 saturated carbocycles. The maximum Gasteiger partial charge on any atom is 0.0556 e. The van der Waals surface area contributed by atoms with Gasteiger partial charge in [-0.3, -0.25) is 0 Å². The summed E-state index contributed by atoms with van der Waals surface area (Å²) in [4.78, 5) is 0. The van der Waals surface area contributed by atoms with Crippen LogP contribution >= 0.6 is 12.4 Å². The molecule has 2 N–H and O–H groups in total. The van der Waals surface area contributed by atoms with Crippen LogP contribution in [0.5, 0.6) is 0 Å². The Morgan fingerprint density at radius 2 is 1.65 bits per heavy atom. The van der Waals surface area contributed by atoms with E-state index in [0.29, 0.717) is 12.6 Å². The maximum absolute atomic E-state index is 8.97. The lowest BCUT2D eigenvalue weighted by molar-refractivity contribution is 0.281. The van der Waals surface area contributed by atoms with E-state index >= 15 is 0 Å². The van der Waals surface area contributed by atoms with Crippen molar-refractivity contribution in [2.45, 2.75) is 57.9 Å². The largest absolute Gasteiger partial charge is 0.395 e. The smallest absolute Gasteiger partial charge is 0.0556 e. The lowest BCUT2D eigenvalue weighted by atomic mass is 9.99. The Balaban J connectivity index is 0.00000361. The maximum atomic E-state index is 8.97. The molecule has 0 aliphatic heterocycles.